The first kappa shape index (κ1) is 20.8. The van der Waals surface area contributed by atoms with Gasteiger partial charge in [0.05, 0.1) is 5.69 Å². The van der Waals surface area contributed by atoms with Crippen LogP contribution in [0.15, 0.2) is 78.0 Å². The highest BCUT2D eigenvalue weighted by Gasteiger charge is 2.26. The largest absolute Gasteiger partial charge is 0.325 e. The molecule has 0 saturated carbocycles. The van der Waals surface area contributed by atoms with Gasteiger partial charge in [0.25, 0.3) is 0 Å². The standard InChI is InChI=1S/C24H23N5OS/c1-16-13-14-17(2)20(15-16)25-23(30)22(19-10-5-4-6-11-19)31-24-26-27-28-29(24)21-12-8-7-9-18(21)3/h4-15,22H,1-3H3,(H,25,30). The summed E-state index contributed by atoms with van der Waals surface area (Å²) in [5, 5.41) is 15.4. The lowest BCUT2D eigenvalue weighted by molar-refractivity contribution is -0.115. The molecule has 0 aliphatic heterocycles. The molecule has 4 aromatic rings. The Morgan fingerprint density at radius 1 is 0.935 bits per heavy atom. The number of aryl methyl sites for hydroxylation is 3. The van der Waals surface area contributed by atoms with E-state index in [4.69, 9.17) is 0 Å². The van der Waals surface area contributed by atoms with E-state index >= 15 is 0 Å². The molecule has 1 atom stereocenters. The molecule has 0 aliphatic rings. The lowest BCUT2D eigenvalue weighted by Gasteiger charge is -2.18. The predicted molar refractivity (Wildman–Crippen MR) is 123 cm³/mol. The van der Waals surface area contributed by atoms with Gasteiger partial charge in [0.2, 0.25) is 11.1 Å². The molecule has 0 saturated heterocycles. The average molecular weight is 430 g/mol. The fourth-order valence-electron chi connectivity index (χ4n) is 3.28. The fourth-order valence-corrected chi connectivity index (χ4v) is 4.27. The molecule has 7 heteroatoms. The highest BCUT2D eigenvalue weighted by Crippen LogP contribution is 2.36. The summed E-state index contributed by atoms with van der Waals surface area (Å²) in [6, 6.07) is 23.6. The van der Waals surface area contributed by atoms with Crippen molar-refractivity contribution in [1.29, 1.82) is 0 Å². The van der Waals surface area contributed by atoms with Crippen molar-refractivity contribution in [3.8, 4) is 5.69 Å². The smallest absolute Gasteiger partial charge is 0.242 e. The third-order valence-electron chi connectivity index (χ3n) is 5.00. The van der Waals surface area contributed by atoms with Crippen LogP contribution < -0.4 is 5.32 Å². The first-order valence-corrected chi connectivity index (χ1v) is 10.8. The minimum atomic E-state index is -0.519. The summed E-state index contributed by atoms with van der Waals surface area (Å²) < 4.78 is 1.68. The van der Waals surface area contributed by atoms with Gasteiger partial charge in [-0.3, -0.25) is 4.79 Å². The van der Waals surface area contributed by atoms with E-state index in [9.17, 15) is 4.79 Å². The van der Waals surface area contributed by atoms with Crippen LogP contribution in [-0.2, 0) is 4.79 Å². The first-order valence-electron chi connectivity index (χ1n) is 9.97. The maximum Gasteiger partial charge on any atom is 0.242 e. The van der Waals surface area contributed by atoms with Gasteiger partial charge in [-0.15, -0.1) is 5.10 Å². The normalized spacial score (nSPS) is 11.8. The van der Waals surface area contributed by atoms with E-state index in [-0.39, 0.29) is 5.91 Å². The number of nitrogens with one attached hydrogen (secondary N) is 1. The second kappa shape index (κ2) is 9.14. The number of carbonyl (C=O) groups is 1. The molecule has 1 heterocycles. The van der Waals surface area contributed by atoms with E-state index in [1.807, 2.05) is 93.6 Å². The summed E-state index contributed by atoms with van der Waals surface area (Å²) in [6.07, 6.45) is 0. The van der Waals surface area contributed by atoms with Gasteiger partial charge >= 0.3 is 0 Å². The highest BCUT2D eigenvalue weighted by molar-refractivity contribution is 8.00. The maximum absolute atomic E-state index is 13.4. The summed E-state index contributed by atoms with van der Waals surface area (Å²) >= 11 is 1.33. The van der Waals surface area contributed by atoms with Gasteiger partial charge in [-0.25, -0.2) is 0 Å². The van der Waals surface area contributed by atoms with Crippen molar-refractivity contribution >= 4 is 23.4 Å². The Bertz CT molecular complexity index is 1210. The van der Waals surface area contributed by atoms with Crippen molar-refractivity contribution in [2.24, 2.45) is 0 Å². The molecule has 6 nitrogen and oxygen atoms in total. The molecular weight excluding hydrogens is 406 g/mol. The Balaban J connectivity index is 1.68. The first-order chi connectivity index (χ1) is 15.0. The van der Waals surface area contributed by atoms with Crippen LogP contribution in [0.1, 0.15) is 27.5 Å². The SMILES string of the molecule is Cc1ccc(C)c(NC(=O)C(Sc2nnnn2-c2ccccc2C)c2ccccc2)c1. The van der Waals surface area contributed by atoms with Crippen molar-refractivity contribution in [3.05, 3.63) is 95.1 Å². The van der Waals surface area contributed by atoms with Crippen LogP contribution in [0.25, 0.3) is 5.69 Å². The number of para-hydroxylation sites is 1. The van der Waals surface area contributed by atoms with Crippen molar-refractivity contribution in [2.75, 3.05) is 5.32 Å². The Morgan fingerprint density at radius 3 is 2.45 bits per heavy atom. The number of hydrogen-bond acceptors (Lipinski definition) is 5. The van der Waals surface area contributed by atoms with Gasteiger partial charge in [0.1, 0.15) is 5.25 Å². The topological polar surface area (TPSA) is 72.7 Å². The average Bonchev–Trinajstić information content (AvgIpc) is 3.23. The fraction of sp³-hybridized carbons (Fsp3) is 0.167. The van der Waals surface area contributed by atoms with Crippen LogP contribution >= 0.6 is 11.8 Å². The van der Waals surface area contributed by atoms with Crippen molar-refractivity contribution in [1.82, 2.24) is 20.2 Å². The molecule has 1 amide bonds. The molecule has 1 unspecified atom stereocenters. The van der Waals surface area contributed by atoms with E-state index in [0.717, 1.165) is 33.6 Å². The van der Waals surface area contributed by atoms with Gasteiger partial charge in [-0.2, -0.15) is 4.68 Å². The number of tetrazole rings is 1. The van der Waals surface area contributed by atoms with E-state index in [2.05, 4.69) is 20.8 Å². The molecule has 0 bridgehead atoms. The number of rotatable bonds is 6. The summed E-state index contributed by atoms with van der Waals surface area (Å²) in [6.45, 7) is 6.00. The number of nitrogens with zero attached hydrogens (tertiary/aromatic N) is 4. The summed E-state index contributed by atoms with van der Waals surface area (Å²) in [7, 11) is 0. The Hall–Kier alpha value is -3.45. The van der Waals surface area contributed by atoms with Crippen molar-refractivity contribution in [2.45, 2.75) is 31.2 Å². The molecule has 0 spiro atoms. The number of hydrogen-bond donors (Lipinski definition) is 1. The molecule has 1 N–H and O–H groups in total. The molecule has 3 aromatic carbocycles. The molecule has 31 heavy (non-hydrogen) atoms. The van der Waals surface area contributed by atoms with Crippen LogP contribution in [-0.4, -0.2) is 26.1 Å². The Morgan fingerprint density at radius 2 is 1.68 bits per heavy atom. The molecule has 156 valence electrons. The quantitative estimate of drug-likeness (QED) is 0.434. The van der Waals surface area contributed by atoms with Crippen LogP contribution in [0.2, 0.25) is 0 Å². The lowest BCUT2D eigenvalue weighted by Crippen LogP contribution is -2.20. The van der Waals surface area contributed by atoms with Gasteiger partial charge in [0.15, 0.2) is 0 Å². The minimum Gasteiger partial charge on any atom is -0.325 e. The van der Waals surface area contributed by atoms with E-state index in [1.54, 1.807) is 4.68 Å². The summed E-state index contributed by atoms with van der Waals surface area (Å²) in [4.78, 5) is 13.4. The highest BCUT2D eigenvalue weighted by atomic mass is 32.2. The monoisotopic (exact) mass is 429 g/mol. The molecule has 4 rings (SSSR count). The van der Waals surface area contributed by atoms with Gasteiger partial charge in [-0.1, -0.05) is 72.4 Å². The maximum atomic E-state index is 13.4. The predicted octanol–water partition coefficient (Wildman–Crippen LogP) is 5.06. The van der Waals surface area contributed by atoms with E-state index < -0.39 is 5.25 Å². The van der Waals surface area contributed by atoms with Crippen molar-refractivity contribution in [3.63, 3.8) is 0 Å². The van der Waals surface area contributed by atoms with Crippen LogP contribution in [0, 0.1) is 20.8 Å². The van der Waals surface area contributed by atoms with Crippen molar-refractivity contribution < 1.29 is 4.79 Å². The number of thioether (sulfide) groups is 1. The number of amides is 1. The zero-order valence-corrected chi connectivity index (χ0v) is 18.4. The van der Waals surface area contributed by atoms with Gasteiger partial charge < -0.3 is 5.32 Å². The third-order valence-corrected chi connectivity index (χ3v) is 6.19. The van der Waals surface area contributed by atoms with Crippen LogP contribution in [0.5, 0.6) is 0 Å². The molecule has 0 aliphatic carbocycles. The molecule has 0 radical (unpaired) electrons. The number of carbonyl (C=O) groups excluding carboxylic acids is 1. The summed E-state index contributed by atoms with van der Waals surface area (Å²) in [5.74, 6) is -0.121. The molecular formula is C24H23N5OS. The number of aromatic nitrogens is 4. The Labute approximate surface area is 185 Å². The van der Waals surface area contributed by atoms with Crippen LogP contribution in [0.4, 0.5) is 5.69 Å². The lowest BCUT2D eigenvalue weighted by atomic mass is 10.1. The van der Waals surface area contributed by atoms with E-state index in [0.29, 0.717) is 5.16 Å². The number of anilines is 1. The zero-order chi connectivity index (χ0) is 21.8. The minimum absolute atomic E-state index is 0.121. The molecule has 0 fully saturated rings. The van der Waals surface area contributed by atoms with Gasteiger partial charge in [0, 0.05) is 5.69 Å². The Kier molecular flexibility index (Phi) is 6.13. The second-order valence-electron chi connectivity index (χ2n) is 7.38. The second-order valence-corrected chi connectivity index (χ2v) is 8.45. The van der Waals surface area contributed by atoms with Crippen LogP contribution in [0.3, 0.4) is 0 Å². The number of benzene rings is 3. The van der Waals surface area contributed by atoms with Gasteiger partial charge in [-0.05, 0) is 65.6 Å². The summed E-state index contributed by atoms with van der Waals surface area (Å²) in [5.41, 5.74) is 5.73. The zero-order valence-electron chi connectivity index (χ0n) is 17.6. The van der Waals surface area contributed by atoms with E-state index in [1.165, 1.54) is 11.8 Å². The third kappa shape index (κ3) is 4.67. The molecule has 1 aromatic heterocycles.